The second-order valence-electron chi connectivity index (χ2n) is 11.2. The number of nitrogens with zero attached hydrogens (tertiary/aromatic N) is 1. The molecule has 1 unspecified atom stereocenters. The van der Waals surface area contributed by atoms with Crippen LogP contribution in [0.4, 0.5) is 132 Å². The lowest BCUT2D eigenvalue weighted by Gasteiger charge is -2.46. The molecular formula is C20H12F30NO2+. The molecule has 0 aliphatic rings. The van der Waals surface area contributed by atoms with Gasteiger partial charge in [-0.15, -0.1) is 0 Å². The maximum absolute atomic E-state index is 14.0. The summed E-state index contributed by atoms with van der Waals surface area (Å²) in [5.41, 5.74) is 0. The van der Waals surface area contributed by atoms with Gasteiger partial charge in [-0.1, -0.05) is 0 Å². The van der Waals surface area contributed by atoms with Crippen molar-refractivity contribution in [2.45, 2.75) is 89.3 Å². The molecule has 1 N–H and O–H groups in total. The highest BCUT2D eigenvalue weighted by atomic mass is 19.4. The number of rotatable bonds is 17. The third kappa shape index (κ3) is 6.51. The Bertz CT molecular complexity index is 1340. The third-order valence-corrected chi connectivity index (χ3v) is 6.72. The van der Waals surface area contributed by atoms with E-state index in [0.29, 0.717) is 0 Å². The van der Waals surface area contributed by atoms with Gasteiger partial charge in [0.05, 0.1) is 14.1 Å². The van der Waals surface area contributed by atoms with Crippen LogP contribution in [0.15, 0.2) is 0 Å². The van der Waals surface area contributed by atoms with Crippen molar-refractivity contribution in [3.63, 3.8) is 0 Å². The van der Waals surface area contributed by atoms with Crippen LogP contribution in [0, 0.1) is 0 Å². The molecule has 33 heteroatoms. The summed E-state index contributed by atoms with van der Waals surface area (Å²) in [6.45, 7) is -4.27. The van der Waals surface area contributed by atoms with Gasteiger partial charge < -0.3 is 9.59 Å². The number of carbonyl (C=O) groups is 1. The third-order valence-electron chi connectivity index (χ3n) is 6.72. The van der Waals surface area contributed by atoms with Crippen LogP contribution in [-0.4, -0.2) is 132 Å². The number of carboxylic acid groups (broad SMARTS) is 1. The van der Waals surface area contributed by atoms with E-state index in [-0.39, 0.29) is 14.1 Å². The van der Waals surface area contributed by atoms with Gasteiger partial charge in [0, 0.05) is 0 Å². The molecule has 0 aromatic heterocycles. The van der Waals surface area contributed by atoms with Crippen molar-refractivity contribution >= 4 is 5.97 Å². The fourth-order valence-corrected chi connectivity index (χ4v) is 3.54. The van der Waals surface area contributed by atoms with E-state index in [1.54, 1.807) is 0 Å². The Balaban J connectivity index is 7.52. The van der Waals surface area contributed by atoms with E-state index in [1.165, 1.54) is 0 Å². The SMILES string of the molecule is C[N+](C)(CC(=O)O)CC(F)C(F)(F)C(F)(F)C(F)(F)C(F)(F)C(F)(F)C(F)(F)C(F)(F)C(F)(F)C(F)(F)C(F)(F)C(F)(F)C(F)(F)C(F)(F)C(F)(F)F. The molecule has 0 saturated heterocycles. The topological polar surface area (TPSA) is 37.3 Å². The molecule has 0 radical (unpaired) electrons. The number of aliphatic carboxylic acids is 1. The van der Waals surface area contributed by atoms with E-state index in [2.05, 4.69) is 0 Å². The zero-order valence-electron chi connectivity index (χ0n) is 24.1. The van der Waals surface area contributed by atoms with Crippen LogP contribution in [0.25, 0.3) is 0 Å². The van der Waals surface area contributed by atoms with Gasteiger partial charge in [-0.3, -0.25) is 0 Å². The lowest BCUT2D eigenvalue weighted by atomic mass is 9.83. The minimum absolute atomic E-state index is 0.247. The van der Waals surface area contributed by atoms with Gasteiger partial charge in [0.15, 0.2) is 6.54 Å². The molecule has 1 atom stereocenters. The summed E-state index contributed by atoms with van der Waals surface area (Å²) >= 11 is 0. The Morgan fingerprint density at radius 3 is 0.792 bits per heavy atom. The van der Waals surface area contributed by atoms with Crippen LogP contribution in [0.5, 0.6) is 0 Å². The summed E-state index contributed by atoms with van der Waals surface area (Å²) in [5, 5.41) is 8.49. The van der Waals surface area contributed by atoms with Crippen molar-refractivity contribution < 1.29 is 146 Å². The Hall–Kier alpha value is -2.67. The molecule has 0 heterocycles. The Morgan fingerprint density at radius 1 is 0.415 bits per heavy atom. The number of likely N-dealkylation sites (N-methyl/N-ethyl adjacent to an activating group) is 1. The molecule has 0 aliphatic heterocycles. The van der Waals surface area contributed by atoms with E-state index in [4.69, 9.17) is 5.11 Å². The van der Waals surface area contributed by atoms with Gasteiger partial charge in [-0.05, 0) is 0 Å². The van der Waals surface area contributed by atoms with Gasteiger partial charge in [-0.25, -0.2) is 9.18 Å². The van der Waals surface area contributed by atoms with Gasteiger partial charge >= 0.3 is 89.1 Å². The van der Waals surface area contributed by atoms with Gasteiger partial charge in [0.2, 0.25) is 6.17 Å². The number of carboxylic acids is 1. The van der Waals surface area contributed by atoms with E-state index >= 15 is 0 Å². The minimum Gasteiger partial charge on any atom is -0.477 e. The highest BCUT2D eigenvalue weighted by Gasteiger charge is 3.01. The van der Waals surface area contributed by atoms with Crippen LogP contribution in [0.3, 0.4) is 0 Å². The van der Waals surface area contributed by atoms with Crippen LogP contribution >= 0.6 is 0 Å². The van der Waals surface area contributed by atoms with Gasteiger partial charge in [0.25, 0.3) is 0 Å². The molecule has 0 bridgehead atoms. The summed E-state index contributed by atoms with van der Waals surface area (Å²) in [4.78, 5) is 10.6. The van der Waals surface area contributed by atoms with Gasteiger partial charge in [-0.2, -0.15) is 127 Å². The van der Waals surface area contributed by atoms with E-state index in [1.807, 2.05) is 0 Å². The largest absolute Gasteiger partial charge is 0.477 e. The van der Waals surface area contributed by atoms with Crippen molar-refractivity contribution in [3.05, 3.63) is 0 Å². The molecule has 0 saturated carbocycles. The summed E-state index contributed by atoms with van der Waals surface area (Å²) in [6, 6.07) is 0. The summed E-state index contributed by atoms with van der Waals surface area (Å²) in [7, 11) is 0.494. The fraction of sp³-hybridized carbons (Fsp3) is 0.950. The normalized spacial score (nSPS) is 17.3. The van der Waals surface area contributed by atoms with E-state index in [9.17, 15) is 137 Å². The molecule has 0 fully saturated rings. The molecule has 0 aromatic rings. The van der Waals surface area contributed by atoms with Gasteiger partial charge in [0.1, 0.15) is 6.54 Å². The maximum atomic E-state index is 14.0. The quantitative estimate of drug-likeness (QED) is 0.117. The average Bonchev–Trinajstić information content (AvgIpc) is 2.89. The van der Waals surface area contributed by atoms with Crippen molar-refractivity contribution in [1.29, 1.82) is 0 Å². The first-order valence-corrected chi connectivity index (χ1v) is 12.0. The second kappa shape index (κ2) is 12.7. The number of alkyl halides is 30. The molecule has 0 aliphatic carbocycles. The number of hydrogen-bond donors (Lipinski definition) is 1. The van der Waals surface area contributed by atoms with E-state index < -0.39 is 113 Å². The summed E-state index contributed by atoms with van der Waals surface area (Å²) in [5.74, 6) is -125. The van der Waals surface area contributed by atoms with Crippen molar-refractivity contribution in [3.8, 4) is 0 Å². The maximum Gasteiger partial charge on any atom is 0.460 e. The molecule has 318 valence electrons. The number of halogens is 30. The number of quaternary nitrogens is 1. The van der Waals surface area contributed by atoms with Crippen LogP contribution in [0.2, 0.25) is 0 Å². The highest BCUT2D eigenvalue weighted by molar-refractivity contribution is 5.67. The van der Waals surface area contributed by atoms with Crippen molar-refractivity contribution in [2.75, 3.05) is 27.2 Å². The monoisotopic (exact) mass is 868 g/mol. The fourth-order valence-electron chi connectivity index (χ4n) is 3.54. The summed E-state index contributed by atoms with van der Waals surface area (Å²) < 4.78 is 405. The zero-order valence-corrected chi connectivity index (χ0v) is 24.1. The van der Waals surface area contributed by atoms with Crippen LogP contribution in [-0.2, 0) is 4.79 Å². The summed E-state index contributed by atoms with van der Waals surface area (Å²) in [6.07, 6.45) is -13.6. The Morgan fingerprint density at radius 2 is 0.604 bits per heavy atom. The first-order chi connectivity index (χ1) is 22.3. The molecular weight excluding hydrogens is 856 g/mol. The highest BCUT2D eigenvalue weighted by Crippen LogP contribution is 2.69. The predicted molar refractivity (Wildman–Crippen MR) is 105 cm³/mol. The Kier molecular flexibility index (Phi) is 12.0. The molecule has 0 spiro atoms. The predicted octanol–water partition coefficient (Wildman–Crippen LogP) is 9.31. The average molecular weight is 868 g/mol. The molecule has 0 rings (SSSR count). The first-order valence-electron chi connectivity index (χ1n) is 12.0. The van der Waals surface area contributed by atoms with Crippen molar-refractivity contribution in [1.82, 2.24) is 0 Å². The standard InChI is InChI=1S/C20H11F30NO2/c1-51(2,4-6(52)53)3-5(21)7(22,23)8(24,25)9(26,27)10(28,29)11(30,31)12(32,33)13(34,35)14(36,37)15(38,39)16(40,41)17(42,43)18(44,45)19(46,47)20(48,49)50/h5H,3-4H2,1-2H3/p+1. The molecule has 3 nitrogen and oxygen atoms in total. The molecule has 53 heavy (non-hydrogen) atoms. The lowest BCUT2D eigenvalue weighted by molar-refractivity contribution is -0.886. The van der Waals surface area contributed by atoms with Crippen LogP contribution in [0.1, 0.15) is 0 Å². The molecule has 0 amide bonds. The second-order valence-corrected chi connectivity index (χ2v) is 11.2. The molecule has 0 aromatic carbocycles. The lowest BCUT2D eigenvalue weighted by Crippen LogP contribution is -2.79. The van der Waals surface area contributed by atoms with Crippen LogP contribution < -0.4 is 0 Å². The van der Waals surface area contributed by atoms with Crippen molar-refractivity contribution in [2.24, 2.45) is 0 Å². The minimum atomic E-state index is -10.0. The Labute approximate surface area is 270 Å². The smallest absolute Gasteiger partial charge is 0.460 e. The zero-order chi connectivity index (χ0) is 44.1. The van der Waals surface area contributed by atoms with E-state index in [0.717, 1.165) is 0 Å². The first kappa shape index (κ1) is 50.3. The number of hydrogen-bond acceptors (Lipinski definition) is 1.